The zero-order chi connectivity index (χ0) is 22.3. The van der Waals surface area contributed by atoms with Crippen molar-refractivity contribution in [2.45, 2.75) is 30.6 Å². The Hall–Kier alpha value is -2.01. The Labute approximate surface area is 196 Å². The van der Waals surface area contributed by atoms with Gasteiger partial charge in [-0.05, 0) is 73.6 Å². The fourth-order valence-corrected chi connectivity index (χ4v) is 5.16. The maximum Gasteiger partial charge on any atom is 0.264 e. The summed E-state index contributed by atoms with van der Waals surface area (Å²) in [5.74, 6) is 0.166. The van der Waals surface area contributed by atoms with Gasteiger partial charge in [0.1, 0.15) is 5.75 Å². The molecule has 0 bridgehead atoms. The molecule has 3 rings (SSSR count). The van der Waals surface area contributed by atoms with Gasteiger partial charge >= 0.3 is 0 Å². The number of rotatable bonds is 6. The summed E-state index contributed by atoms with van der Waals surface area (Å²) in [6.45, 7) is 0.929. The summed E-state index contributed by atoms with van der Waals surface area (Å²) < 4.78 is 33.5. The minimum absolute atomic E-state index is 0.104. The topological polar surface area (TPSA) is 87.7 Å². The van der Waals surface area contributed by atoms with Crippen molar-refractivity contribution >= 4 is 54.9 Å². The van der Waals surface area contributed by atoms with E-state index in [1.54, 1.807) is 40.7 Å². The Bertz CT molecular complexity index is 1000. The van der Waals surface area contributed by atoms with Gasteiger partial charge in [0.2, 0.25) is 10.0 Å². The Morgan fingerprint density at radius 3 is 2.23 bits per heavy atom. The van der Waals surface area contributed by atoms with Crippen LogP contribution in [0, 0.1) is 0 Å². The first kappa shape index (κ1) is 23.6. The lowest BCUT2D eigenvalue weighted by Gasteiger charge is -2.20. The van der Waals surface area contributed by atoms with E-state index in [0.29, 0.717) is 24.5 Å². The monoisotopic (exact) mass is 525 g/mol. The van der Waals surface area contributed by atoms with E-state index in [-0.39, 0.29) is 16.6 Å². The third-order valence-electron chi connectivity index (χ3n) is 4.75. The molecule has 166 valence electrons. The second-order valence-corrected chi connectivity index (χ2v) is 10.3. The normalized spacial score (nSPS) is 15.0. The van der Waals surface area contributed by atoms with Crippen LogP contribution in [-0.2, 0) is 14.8 Å². The maximum atomic E-state index is 12.8. The van der Waals surface area contributed by atoms with Crippen LogP contribution in [0.1, 0.15) is 25.7 Å². The third kappa shape index (κ3) is 6.99. The van der Waals surface area contributed by atoms with Crippen molar-refractivity contribution in [3.05, 3.63) is 53.0 Å². The molecule has 1 fully saturated rings. The average molecular weight is 526 g/mol. The quantitative estimate of drug-likeness (QED) is 0.556. The number of benzene rings is 2. The number of anilines is 1. The molecule has 2 N–H and O–H groups in total. The number of nitrogens with one attached hydrogen (secondary N) is 2. The molecule has 2 aromatic rings. The zero-order valence-corrected chi connectivity index (χ0v) is 20.1. The first-order valence-electron chi connectivity index (χ1n) is 9.94. The van der Waals surface area contributed by atoms with Crippen molar-refractivity contribution < 1.29 is 17.9 Å². The average Bonchev–Trinajstić information content (AvgIpc) is 3.04. The van der Waals surface area contributed by atoms with Gasteiger partial charge < -0.3 is 10.1 Å². The fourth-order valence-electron chi connectivity index (χ4n) is 3.15. The highest BCUT2D eigenvalue weighted by Gasteiger charge is 2.24. The second kappa shape index (κ2) is 11.0. The second-order valence-electron chi connectivity index (χ2n) is 7.09. The maximum absolute atomic E-state index is 12.8. The Morgan fingerprint density at radius 1 is 1.00 bits per heavy atom. The fraction of sp³-hybridized carbons (Fsp3) is 0.333. The number of sulfonamides is 1. The van der Waals surface area contributed by atoms with E-state index in [1.165, 1.54) is 0 Å². The highest BCUT2D eigenvalue weighted by atomic mass is 79.9. The molecule has 1 amide bonds. The minimum atomic E-state index is -3.50. The summed E-state index contributed by atoms with van der Waals surface area (Å²) in [5, 5.41) is 5.51. The molecule has 1 aliphatic heterocycles. The van der Waals surface area contributed by atoms with Gasteiger partial charge in [-0.1, -0.05) is 28.8 Å². The number of halogens is 1. The van der Waals surface area contributed by atoms with Crippen LogP contribution in [0.2, 0.25) is 0 Å². The molecule has 1 heterocycles. The summed E-state index contributed by atoms with van der Waals surface area (Å²) in [5.41, 5.74) is 0.578. The summed E-state index contributed by atoms with van der Waals surface area (Å²) >= 11 is 8.48. The van der Waals surface area contributed by atoms with E-state index in [9.17, 15) is 13.2 Å². The summed E-state index contributed by atoms with van der Waals surface area (Å²) in [6.07, 6.45) is 3.90. The predicted molar refractivity (Wildman–Crippen MR) is 128 cm³/mol. The van der Waals surface area contributed by atoms with Crippen molar-refractivity contribution in [1.82, 2.24) is 9.62 Å². The van der Waals surface area contributed by atoms with Crippen LogP contribution in [0.15, 0.2) is 57.9 Å². The molecule has 0 radical (unpaired) electrons. The van der Waals surface area contributed by atoms with Gasteiger partial charge in [0, 0.05) is 23.2 Å². The van der Waals surface area contributed by atoms with E-state index in [2.05, 4.69) is 26.6 Å². The van der Waals surface area contributed by atoms with Crippen molar-refractivity contribution in [2.24, 2.45) is 0 Å². The number of amides is 1. The number of ether oxygens (including phenoxy) is 1. The van der Waals surface area contributed by atoms with Crippen LogP contribution in [0.5, 0.6) is 5.75 Å². The summed E-state index contributed by atoms with van der Waals surface area (Å²) in [6, 6.07) is 13.5. The van der Waals surface area contributed by atoms with Crippen LogP contribution in [0.3, 0.4) is 0 Å². The molecule has 7 nitrogen and oxygen atoms in total. The molecule has 1 saturated heterocycles. The highest BCUT2D eigenvalue weighted by molar-refractivity contribution is 9.10. The number of carbonyl (C=O) groups is 1. The van der Waals surface area contributed by atoms with Crippen molar-refractivity contribution in [3.8, 4) is 5.75 Å². The lowest BCUT2D eigenvalue weighted by molar-refractivity contribution is -0.121. The standard InChI is InChI=1S/C21H24BrN3O4S2/c22-16-5-9-18(10-6-16)29-15-20(26)24-21(30)23-17-7-11-19(12-8-17)31(27,28)25-13-3-1-2-4-14-25/h5-12H,1-4,13-15H2,(H2,23,24,26,30). The molecule has 0 unspecified atom stereocenters. The predicted octanol–water partition coefficient (Wildman–Crippen LogP) is 3.91. The summed E-state index contributed by atoms with van der Waals surface area (Å²) in [7, 11) is -3.50. The molecule has 0 atom stereocenters. The molecule has 0 saturated carbocycles. The van der Waals surface area contributed by atoms with Crippen LogP contribution >= 0.6 is 28.1 Å². The molecule has 0 aromatic heterocycles. The van der Waals surface area contributed by atoms with Crippen LogP contribution < -0.4 is 15.4 Å². The molecule has 31 heavy (non-hydrogen) atoms. The van der Waals surface area contributed by atoms with E-state index < -0.39 is 15.9 Å². The van der Waals surface area contributed by atoms with E-state index in [4.69, 9.17) is 17.0 Å². The number of thiocarbonyl (C=S) groups is 1. The van der Waals surface area contributed by atoms with Gasteiger partial charge in [-0.3, -0.25) is 10.1 Å². The van der Waals surface area contributed by atoms with Gasteiger partial charge in [0.15, 0.2) is 11.7 Å². The number of carbonyl (C=O) groups excluding carboxylic acids is 1. The van der Waals surface area contributed by atoms with Gasteiger partial charge in [-0.15, -0.1) is 0 Å². The molecule has 1 aliphatic rings. The van der Waals surface area contributed by atoms with Gasteiger partial charge in [0.25, 0.3) is 5.91 Å². The number of nitrogens with zero attached hydrogens (tertiary/aromatic N) is 1. The minimum Gasteiger partial charge on any atom is -0.484 e. The smallest absolute Gasteiger partial charge is 0.264 e. The van der Waals surface area contributed by atoms with Crippen molar-refractivity contribution in [2.75, 3.05) is 25.0 Å². The molecule has 0 spiro atoms. The first-order valence-corrected chi connectivity index (χ1v) is 12.6. The van der Waals surface area contributed by atoms with Gasteiger partial charge in [-0.2, -0.15) is 4.31 Å². The van der Waals surface area contributed by atoms with Gasteiger partial charge in [-0.25, -0.2) is 8.42 Å². The van der Waals surface area contributed by atoms with Crippen LogP contribution in [0.4, 0.5) is 5.69 Å². The molecule has 2 aromatic carbocycles. The molecule has 0 aliphatic carbocycles. The Morgan fingerprint density at radius 2 is 1.61 bits per heavy atom. The molecular weight excluding hydrogens is 502 g/mol. The van der Waals surface area contributed by atoms with E-state index in [1.807, 2.05) is 12.1 Å². The van der Waals surface area contributed by atoms with Gasteiger partial charge in [0.05, 0.1) is 4.90 Å². The van der Waals surface area contributed by atoms with Crippen molar-refractivity contribution in [3.63, 3.8) is 0 Å². The largest absolute Gasteiger partial charge is 0.484 e. The van der Waals surface area contributed by atoms with Crippen LogP contribution in [0.25, 0.3) is 0 Å². The number of hydrogen-bond acceptors (Lipinski definition) is 5. The van der Waals surface area contributed by atoms with Crippen LogP contribution in [-0.4, -0.2) is 43.4 Å². The SMILES string of the molecule is O=C(COc1ccc(Br)cc1)NC(=S)Nc1ccc(S(=O)(=O)N2CCCCCC2)cc1. The third-order valence-corrected chi connectivity index (χ3v) is 7.40. The first-order chi connectivity index (χ1) is 14.8. The van der Waals surface area contributed by atoms with E-state index >= 15 is 0 Å². The lowest BCUT2D eigenvalue weighted by atomic mass is 10.2. The Kier molecular flexibility index (Phi) is 8.42. The molecular formula is C21H24BrN3O4S2. The van der Waals surface area contributed by atoms with E-state index in [0.717, 1.165) is 30.2 Å². The zero-order valence-electron chi connectivity index (χ0n) is 16.8. The van der Waals surface area contributed by atoms with Crippen molar-refractivity contribution in [1.29, 1.82) is 0 Å². The molecule has 10 heteroatoms. The Balaban J connectivity index is 1.51. The lowest BCUT2D eigenvalue weighted by Crippen LogP contribution is -2.37. The highest BCUT2D eigenvalue weighted by Crippen LogP contribution is 2.22. The summed E-state index contributed by atoms with van der Waals surface area (Å²) in [4.78, 5) is 12.3. The number of hydrogen-bond donors (Lipinski definition) is 2.